The molecule has 3 N–H and O–H groups in total. The summed E-state index contributed by atoms with van der Waals surface area (Å²) in [5.41, 5.74) is 8.77. The molecule has 8 nitrogen and oxygen atoms in total. The second-order valence-electron chi connectivity index (χ2n) is 16.1. The van der Waals surface area contributed by atoms with Gasteiger partial charge in [-0.2, -0.15) is 0 Å². The lowest BCUT2D eigenvalue weighted by Crippen LogP contribution is -2.63. The van der Waals surface area contributed by atoms with Crippen molar-refractivity contribution in [2.75, 3.05) is 47.5 Å². The van der Waals surface area contributed by atoms with Crippen molar-refractivity contribution in [3.8, 4) is 5.75 Å². The second kappa shape index (κ2) is 12.0. The Morgan fingerprint density at radius 3 is 2.64 bits per heavy atom. The van der Waals surface area contributed by atoms with E-state index in [-0.39, 0.29) is 30.5 Å². The second-order valence-corrected chi connectivity index (χ2v) is 16.1. The first kappa shape index (κ1) is 32.3. The molecule has 264 valence electrons. The molecule has 10 rings (SSSR count). The van der Waals surface area contributed by atoms with Crippen LogP contribution in [-0.4, -0.2) is 90.4 Å². The molecule has 2 aromatic carbocycles. The summed E-state index contributed by atoms with van der Waals surface area (Å²) in [4.78, 5) is 27.1. The van der Waals surface area contributed by atoms with Gasteiger partial charge in [-0.1, -0.05) is 43.2 Å². The first-order valence-corrected chi connectivity index (χ1v) is 18.9. The van der Waals surface area contributed by atoms with Crippen molar-refractivity contribution in [3.05, 3.63) is 76.1 Å². The summed E-state index contributed by atoms with van der Waals surface area (Å²) in [7, 11) is 5.34. The largest absolute Gasteiger partial charge is 0.496 e. The van der Waals surface area contributed by atoms with Crippen molar-refractivity contribution >= 4 is 27.8 Å². The Labute approximate surface area is 295 Å². The van der Waals surface area contributed by atoms with Gasteiger partial charge in [0.05, 0.1) is 20.8 Å². The van der Waals surface area contributed by atoms with E-state index >= 15 is 0 Å². The number of benzene rings is 2. The number of esters is 1. The standard InChI is InChI=1S/C42H52N4O4/c1-6-24-14-23-15-32-38-27(12-13-46(20-23)40(24)32)28-18-36(49-4)29(17-35(28)44-38)30-16-33-25(7-2)21-45(3)37(42(33,22-47)41(48)50-5)19-31-26-10-8-9-11-34(26)43-39(30)31/h7-11,17-18,23-24,30,32-33,37,40,43-44,47H,6,12-16,19-22H2,1-5H3/b25-7-/t23-,24-,30+,32-,33+,37-,40-,42-/m0/s1. The average Bonchev–Trinajstić information content (AvgIpc) is 3.66. The number of H-pyrrole nitrogens is 2. The van der Waals surface area contributed by atoms with Crippen molar-refractivity contribution in [2.45, 2.75) is 76.3 Å². The molecule has 4 aromatic rings. The molecule has 2 aromatic heterocycles. The Morgan fingerprint density at radius 2 is 1.88 bits per heavy atom. The van der Waals surface area contributed by atoms with Gasteiger partial charge < -0.3 is 24.5 Å². The maximum Gasteiger partial charge on any atom is 0.316 e. The number of carbonyl (C=O) groups excluding carboxylic acids is 1. The maximum atomic E-state index is 14.1. The molecule has 6 aliphatic rings. The van der Waals surface area contributed by atoms with Crippen LogP contribution in [0.5, 0.6) is 5.75 Å². The lowest BCUT2D eigenvalue weighted by molar-refractivity contribution is -0.169. The highest BCUT2D eigenvalue weighted by Gasteiger charge is 2.59. The summed E-state index contributed by atoms with van der Waals surface area (Å²) >= 11 is 0. The van der Waals surface area contributed by atoms with Crippen LogP contribution in [-0.2, 0) is 22.4 Å². The molecule has 3 saturated heterocycles. The maximum absolute atomic E-state index is 14.1. The van der Waals surface area contributed by atoms with Crippen LogP contribution in [0.1, 0.15) is 79.4 Å². The van der Waals surface area contributed by atoms with Gasteiger partial charge in [0, 0.05) is 88.2 Å². The lowest BCUT2D eigenvalue weighted by atomic mass is 9.58. The number of hydrogen-bond donors (Lipinski definition) is 3. The number of ether oxygens (including phenoxy) is 2. The summed E-state index contributed by atoms with van der Waals surface area (Å²) in [6.45, 7) is 7.29. The van der Waals surface area contributed by atoms with E-state index in [2.05, 4.69) is 83.1 Å². The van der Waals surface area contributed by atoms with Gasteiger partial charge in [0.1, 0.15) is 11.2 Å². The molecule has 4 aliphatic heterocycles. The molecule has 0 amide bonds. The van der Waals surface area contributed by atoms with E-state index in [4.69, 9.17) is 9.47 Å². The SMILES string of the molecule is C/C=C1/CN(C)[C@H]2Cc3c([nH]c4ccccc34)[C@@H](c3cc4[nH]c5c(c4cc3OC)CCN3C[C@H]4C[C@H](CC)[C@H]3[C@H]5C4)C[C@H]1[C@]2(CO)C(=O)OC. The van der Waals surface area contributed by atoms with Crippen LogP contribution in [0.4, 0.5) is 0 Å². The topological polar surface area (TPSA) is 93.8 Å². The van der Waals surface area contributed by atoms with Crippen LogP contribution >= 0.6 is 0 Å². The Balaban J connectivity index is 1.25. The molecule has 6 heterocycles. The Kier molecular flexibility index (Phi) is 7.75. The van der Waals surface area contributed by atoms with Gasteiger partial charge in [0.25, 0.3) is 0 Å². The monoisotopic (exact) mass is 676 g/mol. The normalized spacial score (nSPS) is 34.2. The average molecular weight is 677 g/mol. The van der Waals surface area contributed by atoms with Crippen molar-refractivity contribution in [1.82, 2.24) is 19.8 Å². The van der Waals surface area contributed by atoms with E-state index in [1.54, 1.807) is 7.11 Å². The van der Waals surface area contributed by atoms with E-state index in [0.29, 0.717) is 24.8 Å². The van der Waals surface area contributed by atoms with Gasteiger partial charge in [0.2, 0.25) is 0 Å². The zero-order chi connectivity index (χ0) is 34.5. The van der Waals surface area contributed by atoms with Gasteiger partial charge in [-0.05, 0) is 87.2 Å². The van der Waals surface area contributed by atoms with E-state index in [1.807, 2.05) is 0 Å². The number of aromatic amines is 2. The van der Waals surface area contributed by atoms with Gasteiger partial charge in [0.15, 0.2) is 0 Å². The lowest BCUT2D eigenvalue weighted by Gasteiger charge is -2.53. The third-order valence-electron chi connectivity index (χ3n) is 14.1. The smallest absolute Gasteiger partial charge is 0.316 e. The minimum Gasteiger partial charge on any atom is -0.496 e. The summed E-state index contributed by atoms with van der Waals surface area (Å²) in [6, 6.07) is 13.6. The minimum atomic E-state index is -1.11. The van der Waals surface area contributed by atoms with Gasteiger partial charge in [-0.3, -0.25) is 14.6 Å². The molecule has 6 bridgehead atoms. The van der Waals surface area contributed by atoms with Crippen molar-refractivity contribution in [1.29, 1.82) is 0 Å². The van der Waals surface area contributed by atoms with Crippen molar-refractivity contribution in [2.24, 2.45) is 23.2 Å². The number of likely N-dealkylation sites (N-methyl/N-ethyl adjacent to an activating group) is 1. The molecule has 50 heavy (non-hydrogen) atoms. The Hall–Kier alpha value is -3.59. The Morgan fingerprint density at radius 1 is 1.06 bits per heavy atom. The third-order valence-corrected chi connectivity index (χ3v) is 14.1. The highest BCUT2D eigenvalue weighted by molar-refractivity contribution is 5.89. The molecular weight excluding hydrogens is 624 g/mol. The fourth-order valence-electron chi connectivity index (χ4n) is 12.0. The number of piperidine rings is 3. The molecule has 1 unspecified atom stereocenters. The van der Waals surface area contributed by atoms with Gasteiger partial charge in [-0.25, -0.2) is 0 Å². The van der Waals surface area contributed by atoms with Gasteiger partial charge in [-0.15, -0.1) is 0 Å². The number of fused-ring (bicyclic) bond motifs is 9. The number of nitrogens with one attached hydrogen (secondary N) is 2. The van der Waals surface area contributed by atoms with Crippen LogP contribution in [0.2, 0.25) is 0 Å². The van der Waals surface area contributed by atoms with E-state index < -0.39 is 5.41 Å². The van der Waals surface area contributed by atoms with Crippen LogP contribution < -0.4 is 4.74 Å². The molecule has 0 spiro atoms. The zero-order valence-electron chi connectivity index (χ0n) is 30.2. The number of allylic oxidation sites excluding steroid dienone is 1. The molecule has 4 fully saturated rings. The fraction of sp³-hybridized carbons (Fsp3) is 0.548. The molecular formula is C42H52N4O4. The molecule has 9 atom stereocenters. The number of aromatic nitrogens is 2. The molecule has 8 heteroatoms. The van der Waals surface area contributed by atoms with Crippen LogP contribution in [0.3, 0.4) is 0 Å². The van der Waals surface area contributed by atoms with Crippen LogP contribution in [0, 0.1) is 23.2 Å². The van der Waals surface area contributed by atoms with Crippen LogP contribution in [0.15, 0.2) is 48.0 Å². The molecule has 0 radical (unpaired) electrons. The summed E-state index contributed by atoms with van der Waals surface area (Å²) in [5.74, 6) is 2.33. The third kappa shape index (κ3) is 4.43. The number of carbonyl (C=O) groups is 1. The minimum absolute atomic E-state index is 0.106. The highest BCUT2D eigenvalue weighted by atomic mass is 16.5. The quantitative estimate of drug-likeness (QED) is 0.165. The predicted octanol–water partition coefficient (Wildman–Crippen LogP) is 6.52. The van der Waals surface area contributed by atoms with Crippen molar-refractivity contribution in [3.63, 3.8) is 0 Å². The number of aliphatic hydroxyl groups excluding tert-OH is 1. The number of rotatable bonds is 5. The summed E-state index contributed by atoms with van der Waals surface area (Å²) in [6.07, 6.45) is 8.39. The number of hydrogen-bond acceptors (Lipinski definition) is 6. The summed E-state index contributed by atoms with van der Waals surface area (Å²) < 4.78 is 11.9. The highest BCUT2D eigenvalue weighted by Crippen LogP contribution is 2.55. The van der Waals surface area contributed by atoms with Gasteiger partial charge >= 0.3 is 5.97 Å². The summed E-state index contributed by atoms with van der Waals surface area (Å²) in [5, 5.41) is 13.8. The van der Waals surface area contributed by atoms with E-state index in [1.165, 1.54) is 77.3 Å². The van der Waals surface area contributed by atoms with E-state index in [9.17, 15) is 9.90 Å². The number of para-hydroxylation sites is 1. The Bertz CT molecular complexity index is 2010. The zero-order valence-corrected chi connectivity index (χ0v) is 30.2. The molecule has 1 saturated carbocycles. The van der Waals surface area contributed by atoms with Crippen molar-refractivity contribution < 1.29 is 19.4 Å². The predicted molar refractivity (Wildman–Crippen MR) is 197 cm³/mol. The number of methoxy groups -OCH3 is 2. The number of nitrogens with zero attached hydrogens (tertiary/aromatic N) is 2. The first-order valence-electron chi connectivity index (χ1n) is 18.9. The fourth-order valence-corrected chi connectivity index (χ4v) is 12.0. The number of aliphatic hydroxyl groups is 1. The van der Waals surface area contributed by atoms with E-state index in [0.717, 1.165) is 48.2 Å². The molecule has 2 aliphatic carbocycles. The number of likely N-dealkylation sites (tertiary alicyclic amines) is 1. The van der Waals surface area contributed by atoms with Crippen LogP contribution in [0.25, 0.3) is 21.8 Å². The first-order chi connectivity index (χ1) is 24.3.